The first-order chi connectivity index (χ1) is 17.0. The second kappa shape index (κ2) is 9.11. The SMILES string of the molecule is CC#CC(=O)N(C)c1ccc2ncnc(Nc3ccc(Oc4ccn5cnnc5c4)c(C)c3)c2c1. The number of amides is 1. The Hall–Kier alpha value is -4.97. The van der Waals surface area contributed by atoms with Crippen LogP contribution in [0, 0.1) is 18.8 Å². The fraction of sp³-hybridized carbons (Fsp3) is 0.115. The van der Waals surface area contributed by atoms with Crippen LogP contribution in [0.3, 0.4) is 0 Å². The smallest absolute Gasteiger partial charge is 0.302 e. The second-order valence-electron chi connectivity index (χ2n) is 7.83. The Morgan fingerprint density at radius 2 is 2.00 bits per heavy atom. The molecule has 1 N–H and O–H groups in total. The van der Waals surface area contributed by atoms with Crippen LogP contribution in [0.4, 0.5) is 17.2 Å². The van der Waals surface area contributed by atoms with Gasteiger partial charge in [0.05, 0.1) is 5.52 Å². The number of fused-ring (bicyclic) bond motifs is 2. The Kier molecular flexibility index (Phi) is 5.69. The van der Waals surface area contributed by atoms with Crippen molar-refractivity contribution in [1.29, 1.82) is 0 Å². The van der Waals surface area contributed by atoms with Gasteiger partial charge in [-0.25, -0.2) is 9.97 Å². The molecule has 0 spiro atoms. The van der Waals surface area contributed by atoms with E-state index >= 15 is 0 Å². The summed E-state index contributed by atoms with van der Waals surface area (Å²) >= 11 is 0. The summed E-state index contributed by atoms with van der Waals surface area (Å²) in [6.07, 6.45) is 5.00. The van der Waals surface area contributed by atoms with Crippen molar-refractivity contribution in [3.8, 4) is 23.3 Å². The Morgan fingerprint density at radius 1 is 1.11 bits per heavy atom. The van der Waals surface area contributed by atoms with Gasteiger partial charge in [-0.15, -0.1) is 10.2 Å². The predicted molar refractivity (Wildman–Crippen MR) is 134 cm³/mol. The zero-order chi connectivity index (χ0) is 24.4. The van der Waals surface area contributed by atoms with E-state index < -0.39 is 0 Å². The van der Waals surface area contributed by atoms with E-state index in [1.807, 2.05) is 66.1 Å². The highest BCUT2D eigenvalue weighted by atomic mass is 16.5. The standard InChI is InChI=1S/C26H21N7O2/c1-4-5-25(34)32(3)19-7-8-22-21(13-19)26(28-15-27-22)30-18-6-9-23(17(2)12-18)35-20-10-11-33-16-29-31-24(33)14-20/h6-16H,1-3H3,(H,27,28,30). The number of carbonyl (C=O) groups is 1. The highest BCUT2D eigenvalue weighted by molar-refractivity contribution is 6.06. The van der Waals surface area contributed by atoms with Crippen LogP contribution in [0.2, 0.25) is 0 Å². The van der Waals surface area contributed by atoms with Crippen LogP contribution in [0.1, 0.15) is 12.5 Å². The molecule has 0 aliphatic heterocycles. The summed E-state index contributed by atoms with van der Waals surface area (Å²) in [4.78, 5) is 22.5. The fourth-order valence-electron chi connectivity index (χ4n) is 3.63. The van der Waals surface area contributed by atoms with Crippen molar-refractivity contribution >= 4 is 39.6 Å². The van der Waals surface area contributed by atoms with Crippen LogP contribution in [-0.2, 0) is 4.79 Å². The van der Waals surface area contributed by atoms with Crippen molar-refractivity contribution in [2.75, 3.05) is 17.3 Å². The van der Waals surface area contributed by atoms with Gasteiger partial charge in [-0.1, -0.05) is 5.92 Å². The van der Waals surface area contributed by atoms with Crippen LogP contribution in [0.25, 0.3) is 16.6 Å². The van der Waals surface area contributed by atoms with Gasteiger partial charge >= 0.3 is 5.91 Å². The number of pyridine rings is 1. The third-order valence-corrected chi connectivity index (χ3v) is 5.48. The largest absolute Gasteiger partial charge is 0.457 e. The molecular weight excluding hydrogens is 442 g/mol. The first-order valence-electron chi connectivity index (χ1n) is 10.8. The normalized spacial score (nSPS) is 10.6. The summed E-state index contributed by atoms with van der Waals surface area (Å²) in [5.41, 5.74) is 3.96. The molecule has 0 fully saturated rings. The molecule has 0 aliphatic rings. The average Bonchev–Trinajstić information content (AvgIpc) is 3.33. The quantitative estimate of drug-likeness (QED) is 0.383. The molecule has 172 valence electrons. The summed E-state index contributed by atoms with van der Waals surface area (Å²) in [7, 11) is 1.69. The maximum Gasteiger partial charge on any atom is 0.302 e. The third kappa shape index (κ3) is 4.45. The van der Waals surface area contributed by atoms with E-state index in [1.54, 1.807) is 20.3 Å². The lowest BCUT2D eigenvalue weighted by atomic mass is 10.1. The molecule has 9 nitrogen and oxygen atoms in total. The molecule has 0 unspecified atom stereocenters. The Bertz CT molecular complexity index is 1630. The number of rotatable bonds is 5. The van der Waals surface area contributed by atoms with Gasteiger partial charge in [0.2, 0.25) is 0 Å². The van der Waals surface area contributed by atoms with E-state index in [-0.39, 0.29) is 5.91 Å². The number of aryl methyl sites for hydroxylation is 1. The number of benzene rings is 2. The van der Waals surface area contributed by atoms with Crippen LogP contribution < -0.4 is 15.0 Å². The molecule has 1 amide bonds. The van der Waals surface area contributed by atoms with E-state index in [0.29, 0.717) is 22.9 Å². The molecule has 3 aromatic heterocycles. The molecule has 5 aromatic rings. The molecule has 0 aliphatic carbocycles. The van der Waals surface area contributed by atoms with Gasteiger partial charge in [-0.2, -0.15) is 0 Å². The molecule has 0 bridgehead atoms. The van der Waals surface area contributed by atoms with E-state index in [1.165, 1.54) is 11.2 Å². The van der Waals surface area contributed by atoms with Gasteiger partial charge in [-0.05, 0) is 67.8 Å². The minimum absolute atomic E-state index is 0.285. The minimum Gasteiger partial charge on any atom is -0.457 e. The van der Waals surface area contributed by atoms with E-state index in [2.05, 4.69) is 37.3 Å². The number of nitrogens with one attached hydrogen (secondary N) is 1. The maximum absolute atomic E-state index is 12.2. The summed E-state index contributed by atoms with van der Waals surface area (Å²) in [5.74, 6) is 6.94. The molecule has 3 heterocycles. The number of carbonyl (C=O) groups excluding carboxylic acids is 1. The minimum atomic E-state index is -0.285. The zero-order valence-electron chi connectivity index (χ0n) is 19.4. The molecule has 0 radical (unpaired) electrons. The molecule has 0 atom stereocenters. The second-order valence-corrected chi connectivity index (χ2v) is 7.83. The van der Waals surface area contributed by atoms with Crippen molar-refractivity contribution in [3.05, 3.63) is 72.9 Å². The molecule has 0 saturated carbocycles. The van der Waals surface area contributed by atoms with Crippen molar-refractivity contribution in [2.45, 2.75) is 13.8 Å². The molecule has 2 aromatic carbocycles. The van der Waals surface area contributed by atoms with Crippen LogP contribution in [-0.4, -0.2) is 37.5 Å². The lowest BCUT2D eigenvalue weighted by Gasteiger charge is -2.16. The zero-order valence-corrected chi connectivity index (χ0v) is 19.4. The highest BCUT2D eigenvalue weighted by Crippen LogP contribution is 2.31. The number of hydrogen-bond acceptors (Lipinski definition) is 7. The van der Waals surface area contributed by atoms with Crippen LogP contribution in [0.5, 0.6) is 11.5 Å². The Morgan fingerprint density at radius 3 is 2.83 bits per heavy atom. The number of hydrogen-bond donors (Lipinski definition) is 1. The van der Waals surface area contributed by atoms with Crippen LogP contribution in [0.15, 0.2) is 67.4 Å². The van der Waals surface area contributed by atoms with Crippen molar-refractivity contribution in [3.63, 3.8) is 0 Å². The summed E-state index contributed by atoms with van der Waals surface area (Å²) in [5, 5.41) is 12.1. The molecule has 5 rings (SSSR count). The average molecular weight is 464 g/mol. The van der Waals surface area contributed by atoms with E-state index in [4.69, 9.17) is 4.74 Å². The third-order valence-electron chi connectivity index (χ3n) is 5.48. The van der Waals surface area contributed by atoms with Crippen LogP contribution >= 0.6 is 0 Å². The monoisotopic (exact) mass is 463 g/mol. The van der Waals surface area contributed by atoms with Gasteiger partial charge in [0.15, 0.2) is 5.65 Å². The summed E-state index contributed by atoms with van der Waals surface area (Å²) in [6.45, 7) is 3.61. The molecule has 0 saturated heterocycles. The Balaban J connectivity index is 1.41. The molecule has 35 heavy (non-hydrogen) atoms. The van der Waals surface area contributed by atoms with Crippen molar-refractivity contribution in [1.82, 2.24) is 24.6 Å². The summed E-state index contributed by atoms with van der Waals surface area (Å²) in [6, 6.07) is 15.1. The van der Waals surface area contributed by atoms with Gasteiger partial charge in [0, 0.05) is 36.1 Å². The van der Waals surface area contributed by atoms with Crippen molar-refractivity contribution in [2.24, 2.45) is 0 Å². The van der Waals surface area contributed by atoms with Gasteiger partial charge in [0.25, 0.3) is 0 Å². The molecular formula is C26H21N7O2. The van der Waals surface area contributed by atoms with Crippen molar-refractivity contribution < 1.29 is 9.53 Å². The van der Waals surface area contributed by atoms with Gasteiger partial charge in [-0.3, -0.25) is 9.20 Å². The fourth-order valence-corrected chi connectivity index (χ4v) is 3.63. The van der Waals surface area contributed by atoms with E-state index in [9.17, 15) is 4.79 Å². The maximum atomic E-state index is 12.2. The lowest BCUT2D eigenvalue weighted by Crippen LogP contribution is -2.24. The van der Waals surface area contributed by atoms with Gasteiger partial charge < -0.3 is 15.0 Å². The lowest BCUT2D eigenvalue weighted by molar-refractivity contribution is -0.113. The number of nitrogens with zero attached hydrogens (tertiary/aromatic N) is 6. The first kappa shape index (κ1) is 21.9. The number of ether oxygens (including phenoxy) is 1. The highest BCUT2D eigenvalue weighted by Gasteiger charge is 2.12. The predicted octanol–water partition coefficient (Wildman–Crippen LogP) is 4.50. The topological polar surface area (TPSA) is 97.5 Å². The number of anilines is 3. The summed E-state index contributed by atoms with van der Waals surface area (Å²) < 4.78 is 7.88. The van der Waals surface area contributed by atoms with Gasteiger partial charge in [0.1, 0.15) is 30.0 Å². The molecule has 9 heteroatoms. The first-order valence-corrected chi connectivity index (χ1v) is 10.8. The Labute approximate surface area is 201 Å². The number of aromatic nitrogens is 5. The van der Waals surface area contributed by atoms with E-state index in [0.717, 1.165) is 27.9 Å².